The molecule has 0 saturated heterocycles. The quantitative estimate of drug-likeness (QED) is 0.416. The van der Waals surface area contributed by atoms with Crippen LogP contribution in [0.4, 0.5) is 0 Å². The number of carbonyl (C=O) groups is 1. The van der Waals surface area contributed by atoms with Gasteiger partial charge in [-0.25, -0.2) is 4.98 Å². The number of carbonyl (C=O) groups excluding carboxylic acids is 1. The van der Waals surface area contributed by atoms with Crippen LogP contribution in [0.15, 0.2) is 42.5 Å². The van der Waals surface area contributed by atoms with Crippen molar-refractivity contribution >= 4 is 16.9 Å². The SMILES string of the molecule is CCCC(C)CCNC(=O)C1CCCC(c2ccc(-c3ccc4c(c3)nc(C)n4C)cc2)C1. The molecule has 3 unspecified atom stereocenters. The van der Waals surface area contributed by atoms with Crippen LogP contribution in [0.2, 0.25) is 0 Å². The van der Waals surface area contributed by atoms with Gasteiger partial charge in [0.1, 0.15) is 5.82 Å². The molecule has 1 heterocycles. The van der Waals surface area contributed by atoms with E-state index in [2.05, 4.69) is 78.2 Å². The summed E-state index contributed by atoms with van der Waals surface area (Å²) in [5.41, 5.74) is 5.99. The Labute approximate surface area is 198 Å². The summed E-state index contributed by atoms with van der Waals surface area (Å²) in [6.07, 6.45) is 7.84. The summed E-state index contributed by atoms with van der Waals surface area (Å²) in [6.45, 7) is 7.37. The maximum Gasteiger partial charge on any atom is 0.223 e. The molecule has 1 fully saturated rings. The van der Waals surface area contributed by atoms with Crippen LogP contribution in [0.1, 0.15) is 76.1 Å². The molecular weight excluding hydrogens is 406 g/mol. The third kappa shape index (κ3) is 5.48. The fourth-order valence-electron chi connectivity index (χ4n) is 5.40. The lowest BCUT2D eigenvalue weighted by molar-refractivity contribution is -0.126. The second-order valence-corrected chi connectivity index (χ2v) is 10.1. The highest BCUT2D eigenvalue weighted by atomic mass is 16.1. The van der Waals surface area contributed by atoms with E-state index in [-0.39, 0.29) is 11.8 Å². The minimum absolute atomic E-state index is 0.153. The van der Waals surface area contributed by atoms with E-state index in [1.807, 2.05) is 6.92 Å². The van der Waals surface area contributed by atoms with Gasteiger partial charge in [0, 0.05) is 19.5 Å². The number of nitrogens with one attached hydrogen (secondary N) is 1. The smallest absolute Gasteiger partial charge is 0.223 e. The zero-order valence-electron chi connectivity index (χ0n) is 20.7. The van der Waals surface area contributed by atoms with Crippen molar-refractivity contribution in [1.29, 1.82) is 0 Å². The molecule has 0 bridgehead atoms. The lowest BCUT2D eigenvalue weighted by Gasteiger charge is -2.29. The van der Waals surface area contributed by atoms with Gasteiger partial charge in [0.15, 0.2) is 0 Å². The Balaban J connectivity index is 1.38. The van der Waals surface area contributed by atoms with Gasteiger partial charge in [0.05, 0.1) is 11.0 Å². The van der Waals surface area contributed by atoms with Crippen LogP contribution in [0.5, 0.6) is 0 Å². The summed E-state index contributed by atoms with van der Waals surface area (Å²) in [6, 6.07) is 15.5. The van der Waals surface area contributed by atoms with Crippen LogP contribution in [0, 0.1) is 18.8 Å². The highest BCUT2D eigenvalue weighted by Crippen LogP contribution is 2.37. The fraction of sp³-hybridized carbons (Fsp3) is 0.517. The van der Waals surface area contributed by atoms with E-state index in [0.29, 0.717) is 11.8 Å². The Morgan fingerprint density at radius 1 is 1.12 bits per heavy atom. The van der Waals surface area contributed by atoms with Crippen molar-refractivity contribution in [3.05, 3.63) is 53.9 Å². The van der Waals surface area contributed by atoms with Gasteiger partial charge in [-0.3, -0.25) is 4.79 Å². The van der Waals surface area contributed by atoms with Crippen molar-refractivity contribution in [3.8, 4) is 11.1 Å². The average Bonchev–Trinajstić information content (AvgIpc) is 3.12. The summed E-state index contributed by atoms with van der Waals surface area (Å²) < 4.78 is 2.13. The molecular formula is C29H39N3O. The number of rotatable bonds is 8. The number of benzene rings is 2. The van der Waals surface area contributed by atoms with E-state index >= 15 is 0 Å². The number of nitrogens with zero attached hydrogens (tertiary/aromatic N) is 2. The fourth-order valence-corrected chi connectivity index (χ4v) is 5.40. The first kappa shape index (κ1) is 23.5. The number of imidazole rings is 1. The molecule has 2 aromatic carbocycles. The first-order valence-electron chi connectivity index (χ1n) is 12.8. The topological polar surface area (TPSA) is 46.9 Å². The van der Waals surface area contributed by atoms with E-state index in [1.54, 1.807) is 0 Å². The third-order valence-electron chi connectivity index (χ3n) is 7.58. The average molecular weight is 446 g/mol. The van der Waals surface area contributed by atoms with Crippen molar-refractivity contribution < 1.29 is 4.79 Å². The van der Waals surface area contributed by atoms with Crippen LogP contribution >= 0.6 is 0 Å². The Bertz CT molecular complexity index is 1080. The molecule has 1 aliphatic carbocycles. The maximum atomic E-state index is 12.8. The molecule has 1 aromatic heterocycles. The normalized spacial score (nSPS) is 19.5. The molecule has 1 saturated carbocycles. The zero-order chi connectivity index (χ0) is 23.4. The summed E-state index contributed by atoms with van der Waals surface area (Å²) in [4.78, 5) is 17.4. The van der Waals surface area contributed by atoms with Gasteiger partial charge < -0.3 is 9.88 Å². The summed E-state index contributed by atoms with van der Waals surface area (Å²) >= 11 is 0. The highest BCUT2D eigenvalue weighted by Gasteiger charge is 2.28. The van der Waals surface area contributed by atoms with Gasteiger partial charge in [-0.1, -0.05) is 63.4 Å². The monoisotopic (exact) mass is 445 g/mol. The molecule has 4 rings (SSSR count). The number of aromatic nitrogens is 2. The molecule has 1 aliphatic rings. The lowest BCUT2D eigenvalue weighted by atomic mass is 9.77. The van der Waals surface area contributed by atoms with Crippen molar-refractivity contribution in [3.63, 3.8) is 0 Å². The minimum Gasteiger partial charge on any atom is -0.356 e. The molecule has 3 aromatic rings. The molecule has 1 N–H and O–H groups in total. The Kier molecular flexibility index (Phi) is 7.52. The lowest BCUT2D eigenvalue weighted by Crippen LogP contribution is -2.34. The van der Waals surface area contributed by atoms with Crippen LogP contribution < -0.4 is 5.32 Å². The Morgan fingerprint density at radius 2 is 1.88 bits per heavy atom. The summed E-state index contributed by atoms with van der Waals surface area (Å²) in [5, 5.41) is 3.22. The number of hydrogen-bond acceptors (Lipinski definition) is 2. The van der Waals surface area contributed by atoms with Gasteiger partial charge in [-0.2, -0.15) is 0 Å². The molecule has 33 heavy (non-hydrogen) atoms. The molecule has 176 valence electrons. The van der Waals surface area contributed by atoms with Crippen LogP contribution in [-0.4, -0.2) is 22.0 Å². The van der Waals surface area contributed by atoms with Crippen LogP contribution in [0.3, 0.4) is 0 Å². The largest absolute Gasteiger partial charge is 0.356 e. The second-order valence-electron chi connectivity index (χ2n) is 10.1. The van der Waals surface area contributed by atoms with Gasteiger partial charge in [0.2, 0.25) is 5.91 Å². The van der Waals surface area contributed by atoms with E-state index in [9.17, 15) is 4.79 Å². The molecule has 4 heteroatoms. The summed E-state index contributed by atoms with van der Waals surface area (Å²) in [7, 11) is 2.06. The predicted molar refractivity (Wildman–Crippen MR) is 137 cm³/mol. The van der Waals surface area contributed by atoms with Gasteiger partial charge >= 0.3 is 0 Å². The maximum absolute atomic E-state index is 12.8. The first-order chi connectivity index (χ1) is 16.0. The third-order valence-corrected chi connectivity index (χ3v) is 7.58. The molecule has 0 spiro atoms. The number of aryl methyl sites for hydroxylation is 2. The minimum atomic E-state index is 0.153. The standard InChI is InChI=1S/C29H39N3O/c1-5-7-20(2)16-17-30-29(33)26-9-6-8-24(18-26)22-10-12-23(13-11-22)25-14-15-28-27(19-25)31-21(3)32(28)4/h10-15,19-20,24,26H,5-9,16-18H2,1-4H3,(H,30,33). The Hall–Kier alpha value is -2.62. The van der Waals surface area contributed by atoms with Gasteiger partial charge in [-0.05, 0) is 73.3 Å². The number of fused-ring (bicyclic) bond motifs is 1. The summed E-state index contributed by atoms with van der Waals surface area (Å²) in [5.74, 6) is 2.61. The predicted octanol–water partition coefficient (Wildman–Crippen LogP) is 6.77. The van der Waals surface area contributed by atoms with E-state index < -0.39 is 0 Å². The van der Waals surface area contributed by atoms with E-state index in [4.69, 9.17) is 0 Å². The van der Waals surface area contributed by atoms with Crippen LogP contribution in [0.25, 0.3) is 22.2 Å². The van der Waals surface area contributed by atoms with E-state index in [0.717, 1.165) is 43.6 Å². The van der Waals surface area contributed by atoms with Crippen molar-refractivity contribution in [2.75, 3.05) is 6.54 Å². The number of amides is 1. The van der Waals surface area contributed by atoms with Crippen molar-refractivity contribution in [2.24, 2.45) is 18.9 Å². The second kappa shape index (κ2) is 10.5. The van der Waals surface area contributed by atoms with Gasteiger partial charge in [-0.15, -0.1) is 0 Å². The Morgan fingerprint density at radius 3 is 2.64 bits per heavy atom. The highest BCUT2D eigenvalue weighted by molar-refractivity contribution is 5.82. The molecule has 1 amide bonds. The first-order valence-corrected chi connectivity index (χ1v) is 12.8. The van der Waals surface area contributed by atoms with Gasteiger partial charge in [0.25, 0.3) is 0 Å². The van der Waals surface area contributed by atoms with Crippen LogP contribution in [-0.2, 0) is 11.8 Å². The molecule has 4 nitrogen and oxygen atoms in total. The number of hydrogen-bond donors (Lipinski definition) is 1. The zero-order valence-corrected chi connectivity index (χ0v) is 20.7. The van der Waals surface area contributed by atoms with Crippen molar-refractivity contribution in [2.45, 2.75) is 71.6 Å². The van der Waals surface area contributed by atoms with E-state index in [1.165, 1.54) is 41.5 Å². The molecule has 3 atom stereocenters. The molecule has 0 aliphatic heterocycles. The molecule has 0 radical (unpaired) electrons. The van der Waals surface area contributed by atoms with Crippen molar-refractivity contribution in [1.82, 2.24) is 14.9 Å².